The van der Waals surface area contributed by atoms with Gasteiger partial charge in [0.25, 0.3) is 0 Å². The van der Waals surface area contributed by atoms with Gasteiger partial charge in [-0.25, -0.2) is 0 Å². The molecule has 0 aliphatic rings. The van der Waals surface area contributed by atoms with Crippen LogP contribution in [0.25, 0.3) is 0 Å². The third kappa shape index (κ3) is 6.42. The number of hydrogen-bond acceptors (Lipinski definition) is 8. The zero-order valence-corrected chi connectivity index (χ0v) is 8.78. The first-order valence-corrected chi connectivity index (χ1v) is 5.68. The van der Waals surface area contributed by atoms with Gasteiger partial charge in [-0.2, -0.15) is 0 Å². The van der Waals surface area contributed by atoms with E-state index >= 15 is 0 Å². The molecule has 0 bridgehead atoms. The van der Waals surface area contributed by atoms with E-state index in [2.05, 4.69) is 9.05 Å². The average Bonchev–Trinajstić information content (AvgIpc) is 1.97. The first-order valence-electron chi connectivity index (χ1n) is 3.49. The molecule has 8 nitrogen and oxygen atoms in total. The molecule has 10 heteroatoms. The minimum Gasteiger partial charge on any atom is -0.566 e. The summed E-state index contributed by atoms with van der Waals surface area (Å²) in [6.07, 6.45) is -0.223. The monoisotopic (exact) mass is 245 g/mol. The molecular weight excluding hydrogens is 236 g/mol. The lowest BCUT2D eigenvalue weighted by molar-refractivity contribution is -0.319. The van der Waals surface area contributed by atoms with Crippen LogP contribution in [0.15, 0.2) is 0 Å². The molecule has 2 atom stereocenters. The van der Waals surface area contributed by atoms with Crippen LogP contribution in [0.3, 0.4) is 0 Å². The molecule has 0 spiro atoms. The summed E-state index contributed by atoms with van der Waals surface area (Å²) < 4.78 is 28.0. The molecule has 14 heavy (non-hydrogen) atoms. The summed E-state index contributed by atoms with van der Waals surface area (Å²) in [7, 11) is -6.84. The van der Waals surface area contributed by atoms with E-state index in [4.69, 9.17) is 5.73 Å². The molecule has 0 radical (unpaired) electrons. The van der Waals surface area contributed by atoms with Gasteiger partial charge in [-0.3, -0.25) is 0 Å². The summed E-state index contributed by atoms with van der Waals surface area (Å²) in [4.78, 5) is 20.2. The standard InChI is InChI=1S/C4H9NO7P2/c5-3-1-2-4(6,11-13(7)8)12-14(9)10/h6H,1-3,5H2. The van der Waals surface area contributed by atoms with Gasteiger partial charge in [0.1, 0.15) is 0 Å². The highest BCUT2D eigenvalue weighted by Gasteiger charge is 2.42. The Hall–Kier alpha value is -0.0400. The van der Waals surface area contributed by atoms with Crippen molar-refractivity contribution in [3.05, 3.63) is 0 Å². The predicted octanol–water partition coefficient (Wildman–Crippen LogP) is -1.56. The van der Waals surface area contributed by atoms with Crippen molar-refractivity contribution >= 4 is 16.5 Å². The lowest BCUT2D eigenvalue weighted by Gasteiger charge is -2.15. The van der Waals surface area contributed by atoms with Gasteiger partial charge >= 0.3 is 22.5 Å². The Kier molecular flexibility index (Phi) is 6.43. The molecule has 0 aromatic carbocycles. The normalized spacial score (nSPS) is 17.4. The van der Waals surface area contributed by atoms with Crippen LogP contribution in [0.2, 0.25) is 0 Å². The maximum Gasteiger partial charge on any atom is 0.494 e. The van der Waals surface area contributed by atoms with Crippen LogP contribution in [0.5, 0.6) is 0 Å². The maximum atomic E-state index is 10.1. The second-order valence-corrected chi connectivity index (χ2v) is 3.49. The van der Waals surface area contributed by atoms with E-state index in [-0.39, 0.29) is 19.4 Å². The highest BCUT2D eigenvalue weighted by atomic mass is 31.1. The Morgan fingerprint density at radius 3 is 2.00 bits per heavy atom. The minimum atomic E-state index is -3.42. The van der Waals surface area contributed by atoms with Crippen molar-refractivity contribution in [2.75, 3.05) is 6.54 Å². The molecule has 0 aliphatic carbocycles. The molecule has 3 N–H and O–H groups in total. The van der Waals surface area contributed by atoms with Gasteiger partial charge < -0.3 is 20.6 Å². The van der Waals surface area contributed by atoms with Crippen LogP contribution in [-0.4, -0.2) is 17.6 Å². The van der Waals surface area contributed by atoms with E-state index in [1.807, 2.05) is 0 Å². The fourth-order valence-corrected chi connectivity index (χ4v) is 1.45. The zero-order valence-electron chi connectivity index (χ0n) is 6.99. The third-order valence-corrected chi connectivity index (χ3v) is 2.00. The summed E-state index contributed by atoms with van der Waals surface area (Å²) in [5.74, 6) is -2.68. The Balaban J connectivity index is 4.31. The molecule has 0 rings (SSSR count). The van der Waals surface area contributed by atoms with Gasteiger partial charge in [0.05, 0.1) is 0 Å². The van der Waals surface area contributed by atoms with Crippen molar-refractivity contribution in [3.8, 4) is 0 Å². The van der Waals surface area contributed by atoms with E-state index in [0.29, 0.717) is 0 Å². The van der Waals surface area contributed by atoms with Gasteiger partial charge in [-0.1, -0.05) is 9.05 Å². The molecule has 0 saturated heterocycles. The van der Waals surface area contributed by atoms with Gasteiger partial charge in [-0.15, -0.1) is 0 Å². The second kappa shape index (κ2) is 6.44. The summed E-state index contributed by atoms with van der Waals surface area (Å²) >= 11 is 0. The maximum absolute atomic E-state index is 10.1. The number of rotatable bonds is 7. The molecule has 0 aromatic rings. The summed E-state index contributed by atoms with van der Waals surface area (Å²) in [6.45, 7) is 0.125. The Bertz CT molecular complexity index is 206. The lowest BCUT2D eigenvalue weighted by atomic mass is 10.3. The van der Waals surface area contributed by atoms with Gasteiger partial charge in [0.15, 0.2) is 0 Å². The van der Waals surface area contributed by atoms with Crippen LogP contribution in [0.4, 0.5) is 0 Å². The van der Waals surface area contributed by atoms with Crippen LogP contribution in [-0.2, 0) is 18.2 Å². The second-order valence-electron chi connectivity index (χ2n) is 2.23. The van der Waals surface area contributed by atoms with E-state index < -0.39 is 22.5 Å². The van der Waals surface area contributed by atoms with Crippen molar-refractivity contribution in [2.45, 2.75) is 18.8 Å². The van der Waals surface area contributed by atoms with E-state index in [9.17, 15) is 24.0 Å². The molecule has 2 unspecified atom stereocenters. The third-order valence-electron chi connectivity index (χ3n) is 1.13. The van der Waals surface area contributed by atoms with Crippen molar-refractivity contribution in [1.82, 2.24) is 0 Å². The number of aliphatic hydroxyl groups is 1. The van der Waals surface area contributed by atoms with Gasteiger partial charge in [0, 0.05) is 6.42 Å². The predicted molar refractivity (Wildman–Crippen MR) is 40.6 cm³/mol. The molecule has 0 aliphatic heterocycles. The van der Waals surface area contributed by atoms with Crippen LogP contribution >= 0.6 is 16.5 Å². The van der Waals surface area contributed by atoms with Crippen LogP contribution in [0.1, 0.15) is 12.8 Å². The Morgan fingerprint density at radius 1 is 1.29 bits per heavy atom. The highest BCUT2D eigenvalue weighted by molar-refractivity contribution is 7.31. The van der Waals surface area contributed by atoms with Gasteiger partial charge in [-0.05, 0) is 22.1 Å². The largest absolute Gasteiger partial charge is 0.566 e. The average molecular weight is 245 g/mol. The number of hydrogen-bond donors (Lipinski definition) is 2. The fourth-order valence-electron chi connectivity index (χ4n) is 0.666. The summed E-state index contributed by atoms with van der Waals surface area (Å²) in [5, 5.41) is 9.22. The molecule has 0 saturated carbocycles. The highest BCUT2D eigenvalue weighted by Crippen LogP contribution is 2.32. The van der Waals surface area contributed by atoms with Crippen molar-refractivity contribution in [3.63, 3.8) is 0 Å². The van der Waals surface area contributed by atoms with Crippen molar-refractivity contribution < 1.29 is 33.1 Å². The number of nitrogens with two attached hydrogens (primary N) is 1. The van der Waals surface area contributed by atoms with E-state index in [1.165, 1.54) is 0 Å². The summed E-state index contributed by atoms with van der Waals surface area (Å²) in [6, 6.07) is 0. The van der Waals surface area contributed by atoms with Crippen LogP contribution in [0, 0.1) is 0 Å². The van der Waals surface area contributed by atoms with Crippen molar-refractivity contribution in [1.29, 1.82) is 0 Å². The minimum absolute atomic E-state index is 0.125. The van der Waals surface area contributed by atoms with Crippen molar-refractivity contribution in [2.24, 2.45) is 5.73 Å². The molecule has 0 fully saturated rings. The Morgan fingerprint density at radius 2 is 1.71 bits per heavy atom. The zero-order chi connectivity index (χ0) is 11.2. The first kappa shape index (κ1) is 14.0. The van der Waals surface area contributed by atoms with E-state index in [1.54, 1.807) is 0 Å². The molecule has 0 aromatic heterocycles. The molecule has 0 heterocycles. The quantitative estimate of drug-likeness (QED) is 0.404. The Labute approximate surface area is 81.5 Å². The molecule has 0 amide bonds. The lowest BCUT2D eigenvalue weighted by Crippen LogP contribution is -2.33. The smallest absolute Gasteiger partial charge is 0.494 e. The summed E-state index contributed by atoms with van der Waals surface area (Å²) in [5.41, 5.74) is 5.07. The van der Waals surface area contributed by atoms with Gasteiger partial charge in [0.2, 0.25) is 0 Å². The van der Waals surface area contributed by atoms with E-state index in [0.717, 1.165) is 0 Å². The topological polar surface area (TPSA) is 145 Å². The molecular formula is C4H9NO7P2. The first-order chi connectivity index (χ1) is 6.39. The SMILES string of the molecule is NCCCC(O)(O[P+](=O)[O-])O[P+](=O)[O-]. The molecule has 82 valence electrons. The fraction of sp³-hybridized carbons (Fsp3) is 1.00. The van der Waals surface area contributed by atoms with Crippen LogP contribution < -0.4 is 15.5 Å².